The van der Waals surface area contributed by atoms with Gasteiger partial charge in [0.05, 0.1) is 12.7 Å². The van der Waals surface area contributed by atoms with Crippen LogP contribution in [0.4, 0.5) is 4.39 Å². The standard InChI is InChI=1S/C9H9FO2/c1-12-9(11)7-3-5-2-6(5)4-8(7)10/h3-6H,2H2,1H3. The molecule has 0 aromatic carbocycles. The number of carbonyl (C=O) groups is 1. The van der Waals surface area contributed by atoms with Crippen molar-refractivity contribution in [3.63, 3.8) is 0 Å². The van der Waals surface area contributed by atoms with Crippen LogP contribution in [0.1, 0.15) is 6.42 Å². The Labute approximate surface area is 69.7 Å². The molecule has 0 aromatic rings. The van der Waals surface area contributed by atoms with Gasteiger partial charge >= 0.3 is 5.97 Å². The fourth-order valence-corrected chi connectivity index (χ4v) is 1.47. The van der Waals surface area contributed by atoms with Gasteiger partial charge in [0.25, 0.3) is 0 Å². The molecular weight excluding hydrogens is 159 g/mol. The van der Waals surface area contributed by atoms with Crippen molar-refractivity contribution in [2.45, 2.75) is 6.42 Å². The summed E-state index contributed by atoms with van der Waals surface area (Å²) in [6, 6.07) is 0. The van der Waals surface area contributed by atoms with Crippen molar-refractivity contribution in [3.8, 4) is 0 Å². The third-order valence-electron chi connectivity index (χ3n) is 2.29. The van der Waals surface area contributed by atoms with Crippen molar-refractivity contribution in [1.29, 1.82) is 0 Å². The van der Waals surface area contributed by atoms with Crippen LogP contribution in [-0.4, -0.2) is 13.1 Å². The molecule has 0 radical (unpaired) electrons. The molecule has 1 saturated carbocycles. The molecule has 3 heteroatoms. The highest BCUT2D eigenvalue weighted by molar-refractivity contribution is 5.93. The van der Waals surface area contributed by atoms with Crippen molar-refractivity contribution in [2.24, 2.45) is 11.8 Å². The monoisotopic (exact) mass is 168 g/mol. The third kappa shape index (κ3) is 1.05. The van der Waals surface area contributed by atoms with Crippen molar-refractivity contribution in [3.05, 3.63) is 23.6 Å². The van der Waals surface area contributed by atoms with E-state index in [9.17, 15) is 9.18 Å². The molecule has 0 N–H and O–H groups in total. The molecule has 0 bridgehead atoms. The van der Waals surface area contributed by atoms with Gasteiger partial charge in [0, 0.05) is 0 Å². The quantitative estimate of drug-likeness (QED) is 0.556. The van der Waals surface area contributed by atoms with Gasteiger partial charge in [0.15, 0.2) is 0 Å². The summed E-state index contributed by atoms with van der Waals surface area (Å²) in [6.07, 6.45) is 4.15. The first-order chi connectivity index (χ1) is 5.72. The average Bonchev–Trinajstić information content (AvgIpc) is 2.79. The molecule has 2 aliphatic rings. The van der Waals surface area contributed by atoms with Crippen LogP contribution in [0.2, 0.25) is 0 Å². The number of halogens is 1. The van der Waals surface area contributed by atoms with E-state index in [0.717, 1.165) is 6.42 Å². The van der Waals surface area contributed by atoms with Crippen molar-refractivity contribution in [1.82, 2.24) is 0 Å². The molecular formula is C9H9FO2. The third-order valence-corrected chi connectivity index (χ3v) is 2.29. The van der Waals surface area contributed by atoms with Gasteiger partial charge in [-0.05, 0) is 24.3 Å². The summed E-state index contributed by atoms with van der Waals surface area (Å²) in [4.78, 5) is 11.0. The van der Waals surface area contributed by atoms with Crippen LogP contribution in [0.25, 0.3) is 0 Å². The number of esters is 1. The van der Waals surface area contributed by atoms with Crippen LogP contribution in [0.5, 0.6) is 0 Å². The molecule has 12 heavy (non-hydrogen) atoms. The molecule has 2 atom stereocenters. The van der Waals surface area contributed by atoms with Crippen molar-refractivity contribution >= 4 is 5.97 Å². The molecule has 2 rings (SSSR count). The summed E-state index contributed by atoms with van der Waals surface area (Å²) in [5.74, 6) is -0.299. The van der Waals surface area contributed by atoms with Crippen LogP contribution in [0.15, 0.2) is 23.6 Å². The number of rotatable bonds is 1. The lowest BCUT2D eigenvalue weighted by molar-refractivity contribution is -0.136. The number of ether oxygens (including phenoxy) is 1. The summed E-state index contributed by atoms with van der Waals surface area (Å²) in [5.41, 5.74) is 0.0938. The Morgan fingerprint density at radius 2 is 2.25 bits per heavy atom. The maximum Gasteiger partial charge on any atom is 0.340 e. The van der Waals surface area contributed by atoms with Crippen molar-refractivity contribution in [2.75, 3.05) is 7.11 Å². The smallest absolute Gasteiger partial charge is 0.340 e. The zero-order valence-electron chi connectivity index (χ0n) is 6.71. The highest BCUT2D eigenvalue weighted by atomic mass is 19.1. The zero-order valence-corrected chi connectivity index (χ0v) is 6.71. The molecule has 2 unspecified atom stereocenters. The van der Waals surface area contributed by atoms with E-state index in [-0.39, 0.29) is 5.57 Å². The average molecular weight is 168 g/mol. The summed E-state index contributed by atoms with van der Waals surface area (Å²) in [6.45, 7) is 0. The van der Waals surface area contributed by atoms with E-state index < -0.39 is 11.8 Å². The lowest BCUT2D eigenvalue weighted by Crippen LogP contribution is -2.08. The number of carbonyl (C=O) groups excluding carboxylic acids is 1. The minimum atomic E-state index is -0.575. The van der Waals surface area contributed by atoms with Crippen LogP contribution in [-0.2, 0) is 9.53 Å². The molecule has 0 amide bonds. The highest BCUT2D eigenvalue weighted by Gasteiger charge is 2.39. The predicted molar refractivity (Wildman–Crippen MR) is 40.9 cm³/mol. The topological polar surface area (TPSA) is 26.3 Å². The summed E-state index contributed by atoms with van der Waals surface area (Å²) in [5, 5.41) is 0. The first-order valence-electron chi connectivity index (χ1n) is 3.90. The number of fused-ring (bicyclic) bond motifs is 1. The van der Waals surface area contributed by atoms with E-state index in [2.05, 4.69) is 4.74 Å². The Balaban J connectivity index is 2.24. The minimum Gasteiger partial charge on any atom is -0.465 e. The number of hydrogen-bond donors (Lipinski definition) is 0. The van der Waals surface area contributed by atoms with Gasteiger partial charge in [-0.2, -0.15) is 0 Å². The molecule has 2 nitrogen and oxygen atoms in total. The van der Waals surface area contributed by atoms with E-state index in [1.165, 1.54) is 13.2 Å². The minimum absolute atomic E-state index is 0.0938. The Kier molecular flexibility index (Phi) is 1.53. The summed E-state index contributed by atoms with van der Waals surface area (Å²) >= 11 is 0. The first kappa shape index (κ1) is 7.53. The maximum atomic E-state index is 13.1. The van der Waals surface area contributed by atoms with Gasteiger partial charge in [-0.25, -0.2) is 9.18 Å². The molecule has 64 valence electrons. The number of hydrogen-bond acceptors (Lipinski definition) is 2. The fourth-order valence-electron chi connectivity index (χ4n) is 1.47. The SMILES string of the molecule is COC(=O)C1=CC2CC2C=C1F. The Morgan fingerprint density at radius 1 is 1.58 bits per heavy atom. The predicted octanol–water partition coefficient (Wildman–Crippen LogP) is 1.59. The fraction of sp³-hybridized carbons (Fsp3) is 0.444. The highest BCUT2D eigenvalue weighted by Crippen LogP contribution is 2.46. The molecule has 0 saturated heterocycles. The van der Waals surface area contributed by atoms with Gasteiger partial charge in [-0.15, -0.1) is 0 Å². The second-order valence-corrected chi connectivity index (χ2v) is 3.15. The van der Waals surface area contributed by atoms with Crippen LogP contribution < -0.4 is 0 Å². The summed E-state index contributed by atoms with van der Waals surface area (Å²) < 4.78 is 17.5. The lowest BCUT2D eigenvalue weighted by Gasteiger charge is -2.05. The van der Waals surface area contributed by atoms with E-state index in [1.807, 2.05) is 0 Å². The van der Waals surface area contributed by atoms with E-state index in [0.29, 0.717) is 11.8 Å². The van der Waals surface area contributed by atoms with Gasteiger partial charge in [-0.3, -0.25) is 0 Å². The Morgan fingerprint density at radius 3 is 2.92 bits per heavy atom. The second kappa shape index (κ2) is 2.44. The molecule has 0 aromatic heterocycles. The normalized spacial score (nSPS) is 31.5. The van der Waals surface area contributed by atoms with Gasteiger partial charge in [-0.1, -0.05) is 6.08 Å². The number of methoxy groups -OCH3 is 1. The van der Waals surface area contributed by atoms with Crippen LogP contribution in [0.3, 0.4) is 0 Å². The van der Waals surface area contributed by atoms with Gasteiger partial charge in [0.2, 0.25) is 0 Å². The van der Waals surface area contributed by atoms with E-state index in [4.69, 9.17) is 0 Å². The Hall–Kier alpha value is -1.12. The second-order valence-electron chi connectivity index (χ2n) is 3.15. The van der Waals surface area contributed by atoms with E-state index in [1.54, 1.807) is 6.08 Å². The molecule has 0 heterocycles. The largest absolute Gasteiger partial charge is 0.465 e. The first-order valence-corrected chi connectivity index (χ1v) is 3.90. The molecule has 1 fully saturated rings. The molecule has 2 aliphatic carbocycles. The van der Waals surface area contributed by atoms with E-state index >= 15 is 0 Å². The number of allylic oxidation sites excluding steroid dienone is 2. The lowest BCUT2D eigenvalue weighted by atomic mass is 10.1. The van der Waals surface area contributed by atoms with Crippen LogP contribution in [0, 0.1) is 11.8 Å². The molecule has 0 spiro atoms. The Bertz CT molecular complexity index is 291. The van der Waals surface area contributed by atoms with Gasteiger partial charge < -0.3 is 4.74 Å². The zero-order chi connectivity index (χ0) is 8.72. The summed E-state index contributed by atoms with van der Waals surface area (Å²) in [7, 11) is 1.26. The van der Waals surface area contributed by atoms with Crippen LogP contribution >= 0.6 is 0 Å². The molecule has 0 aliphatic heterocycles. The van der Waals surface area contributed by atoms with Gasteiger partial charge in [0.1, 0.15) is 5.83 Å². The van der Waals surface area contributed by atoms with Crippen molar-refractivity contribution < 1.29 is 13.9 Å². The maximum absolute atomic E-state index is 13.1.